The number of benzene rings is 1. The molecule has 0 radical (unpaired) electrons. The van der Waals surface area contributed by atoms with E-state index in [1.165, 1.54) is 6.07 Å². The summed E-state index contributed by atoms with van der Waals surface area (Å²) in [5.41, 5.74) is 0.0155. The minimum Gasteiger partial charge on any atom is -0.282 e. The average molecular weight is 235 g/mol. The lowest BCUT2D eigenvalue weighted by molar-refractivity contribution is 0.315. The number of fused-ring (bicyclic) bond motifs is 1. The molecule has 14 heavy (non-hydrogen) atoms. The molecular weight excluding hydrogens is 232 g/mol. The molecule has 6 nitrogen and oxygen atoms in total. The van der Waals surface area contributed by atoms with Crippen molar-refractivity contribution >= 4 is 32.8 Å². The van der Waals surface area contributed by atoms with Gasteiger partial charge >= 0.3 is 0 Å². The standard InChI is InChI=1S/C6H3ClN2O4S/c7-3-1-2-4(14(10,11)12)6-5(3)8-13-9-6/h1-2H,(H,10,11,12). The molecule has 0 saturated carbocycles. The quantitative estimate of drug-likeness (QED) is 0.744. The Hall–Kier alpha value is -1.18. The molecule has 74 valence electrons. The Morgan fingerprint density at radius 2 is 1.93 bits per heavy atom. The minimum atomic E-state index is -4.34. The van der Waals surface area contributed by atoms with Crippen LogP contribution in [0.15, 0.2) is 21.7 Å². The summed E-state index contributed by atoms with van der Waals surface area (Å²) in [6.45, 7) is 0. The van der Waals surface area contributed by atoms with Crippen LogP contribution in [0.25, 0.3) is 11.0 Å². The summed E-state index contributed by atoms with van der Waals surface area (Å²) in [7, 11) is -4.34. The fraction of sp³-hybridized carbons (Fsp3) is 0. The van der Waals surface area contributed by atoms with Crippen LogP contribution in [0.3, 0.4) is 0 Å². The number of nitrogens with zero attached hydrogens (tertiary/aromatic N) is 2. The Balaban J connectivity index is 2.93. The van der Waals surface area contributed by atoms with Gasteiger partial charge in [0, 0.05) is 0 Å². The Bertz CT molecular complexity index is 591. The van der Waals surface area contributed by atoms with Crippen LogP contribution in [0.1, 0.15) is 0 Å². The molecule has 0 aliphatic carbocycles. The zero-order valence-corrected chi connectivity index (χ0v) is 8.08. The molecule has 1 heterocycles. The second-order valence-corrected chi connectivity index (χ2v) is 4.28. The number of halogens is 1. The van der Waals surface area contributed by atoms with E-state index in [4.69, 9.17) is 16.2 Å². The van der Waals surface area contributed by atoms with Gasteiger partial charge in [0.25, 0.3) is 10.1 Å². The fourth-order valence-corrected chi connectivity index (χ4v) is 1.83. The van der Waals surface area contributed by atoms with E-state index >= 15 is 0 Å². The molecule has 0 spiro atoms. The monoisotopic (exact) mass is 234 g/mol. The van der Waals surface area contributed by atoms with E-state index in [0.717, 1.165) is 6.07 Å². The number of hydrogen-bond acceptors (Lipinski definition) is 5. The van der Waals surface area contributed by atoms with Gasteiger partial charge < -0.3 is 0 Å². The highest BCUT2D eigenvalue weighted by Crippen LogP contribution is 2.25. The van der Waals surface area contributed by atoms with Crippen molar-refractivity contribution in [2.75, 3.05) is 0 Å². The predicted molar refractivity (Wildman–Crippen MR) is 46.6 cm³/mol. The van der Waals surface area contributed by atoms with Gasteiger partial charge in [-0.3, -0.25) is 4.55 Å². The summed E-state index contributed by atoms with van der Waals surface area (Å²) in [5.74, 6) is 0. The minimum absolute atomic E-state index is 0.0833. The van der Waals surface area contributed by atoms with Crippen molar-refractivity contribution in [3.63, 3.8) is 0 Å². The smallest absolute Gasteiger partial charge is 0.282 e. The van der Waals surface area contributed by atoms with Crippen molar-refractivity contribution < 1.29 is 17.6 Å². The molecule has 1 N–H and O–H groups in total. The van der Waals surface area contributed by atoms with Crippen LogP contribution in [-0.2, 0) is 10.1 Å². The number of aromatic nitrogens is 2. The molecule has 0 aliphatic heterocycles. The maximum Gasteiger partial charge on any atom is 0.296 e. The van der Waals surface area contributed by atoms with E-state index in [1.807, 2.05) is 0 Å². The first-order valence-corrected chi connectivity index (χ1v) is 5.20. The van der Waals surface area contributed by atoms with E-state index in [2.05, 4.69) is 14.9 Å². The highest BCUT2D eigenvalue weighted by atomic mass is 35.5. The summed E-state index contributed by atoms with van der Waals surface area (Å²) >= 11 is 5.68. The van der Waals surface area contributed by atoms with Crippen molar-refractivity contribution in [3.05, 3.63) is 17.2 Å². The second kappa shape index (κ2) is 2.91. The van der Waals surface area contributed by atoms with Crippen LogP contribution in [0.4, 0.5) is 0 Å². The lowest BCUT2D eigenvalue weighted by Gasteiger charge is -1.96. The van der Waals surface area contributed by atoms with Crippen molar-refractivity contribution in [3.8, 4) is 0 Å². The Morgan fingerprint density at radius 1 is 1.29 bits per heavy atom. The van der Waals surface area contributed by atoms with Crippen molar-refractivity contribution in [1.29, 1.82) is 0 Å². The zero-order chi connectivity index (χ0) is 10.3. The first-order chi connectivity index (χ1) is 6.50. The zero-order valence-electron chi connectivity index (χ0n) is 6.51. The van der Waals surface area contributed by atoms with Crippen LogP contribution < -0.4 is 0 Å². The first kappa shape index (κ1) is 9.38. The molecule has 2 aromatic rings. The molecule has 2 rings (SSSR count). The van der Waals surface area contributed by atoms with Gasteiger partial charge in [0.05, 0.1) is 5.02 Å². The molecule has 1 aromatic carbocycles. The summed E-state index contributed by atoms with van der Waals surface area (Å²) in [4.78, 5) is -0.377. The second-order valence-electron chi connectivity index (χ2n) is 2.48. The van der Waals surface area contributed by atoms with Gasteiger partial charge in [-0.05, 0) is 22.4 Å². The van der Waals surface area contributed by atoms with Gasteiger partial charge in [0.15, 0.2) is 11.0 Å². The van der Waals surface area contributed by atoms with Crippen LogP contribution >= 0.6 is 11.6 Å². The first-order valence-electron chi connectivity index (χ1n) is 3.38. The molecule has 0 amide bonds. The summed E-state index contributed by atoms with van der Waals surface area (Å²) in [6, 6.07) is 2.42. The van der Waals surface area contributed by atoms with Crippen molar-refractivity contribution in [1.82, 2.24) is 10.3 Å². The Kier molecular flexibility index (Phi) is 1.95. The van der Waals surface area contributed by atoms with Gasteiger partial charge in [-0.15, -0.1) is 0 Å². The fourth-order valence-electron chi connectivity index (χ4n) is 1.02. The molecule has 0 saturated heterocycles. The largest absolute Gasteiger partial charge is 0.296 e. The topological polar surface area (TPSA) is 93.3 Å². The highest BCUT2D eigenvalue weighted by Gasteiger charge is 2.19. The van der Waals surface area contributed by atoms with E-state index in [0.29, 0.717) is 0 Å². The van der Waals surface area contributed by atoms with E-state index in [1.54, 1.807) is 0 Å². The van der Waals surface area contributed by atoms with Crippen LogP contribution in [0, 0.1) is 0 Å². The maximum atomic E-state index is 10.9. The molecule has 0 fully saturated rings. The normalized spacial score (nSPS) is 12.1. The summed E-state index contributed by atoms with van der Waals surface area (Å²) < 4.78 is 34.9. The van der Waals surface area contributed by atoms with E-state index < -0.39 is 10.1 Å². The van der Waals surface area contributed by atoms with Crippen LogP contribution in [-0.4, -0.2) is 23.3 Å². The number of rotatable bonds is 1. The molecule has 0 bridgehead atoms. The molecule has 8 heteroatoms. The van der Waals surface area contributed by atoms with Crippen molar-refractivity contribution in [2.45, 2.75) is 4.90 Å². The molecular formula is C6H3ClN2O4S. The third-order valence-electron chi connectivity index (χ3n) is 1.61. The molecule has 1 aromatic heterocycles. The summed E-state index contributed by atoms with van der Waals surface area (Å²) in [5, 5.41) is 6.94. The van der Waals surface area contributed by atoms with Gasteiger partial charge in [-0.25, -0.2) is 4.63 Å². The van der Waals surface area contributed by atoms with Gasteiger partial charge in [0.1, 0.15) is 4.90 Å². The predicted octanol–water partition coefficient (Wildman–Crippen LogP) is 1.12. The molecule has 0 atom stereocenters. The SMILES string of the molecule is O=S(=O)(O)c1ccc(Cl)c2nonc12. The van der Waals surface area contributed by atoms with Crippen molar-refractivity contribution in [2.24, 2.45) is 0 Å². The Morgan fingerprint density at radius 3 is 2.57 bits per heavy atom. The number of hydrogen-bond donors (Lipinski definition) is 1. The van der Waals surface area contributed by atoms with Crippen LogP contribution in [0.5, 0.6) is 0 Å². The van der Waals surface area contributed by atoms with Gasteiger partial charge in [-0.1, -0.05) is 11.6 Å². The third-order valence-corrected chi connectivity index (χ3v) is 2.80. The summed E-state index contributed by atoms with van der Waals surface area (Å²) in [6.07, 6.45) is 0. The van der Waals surface area contributed by atoms with E-state index in [-0.39, 0.29) is 21.0 Å². The van der Waals surface area contributed by atoms with Gasteiger partial charge in [0.2, 0.25) is 0 Å². The average Bonchev–Trinajstić information content (AvgIpc) is 2.50. The molecule has 0 unspecified atom stereocenters. The third kappa shape index (κ3) is 1.35. The lowest BCUT2D eigenvalue weighted by Crippen LogP contribution is -1.98. The molecule has 0 aliphatic rings. The Labute approximate surface area is 83.2 Å². The lowest BCUT2D eigenvalue weighted by atomic mass is 10.3. The highest BCUT2D eigenvalue weighted by molar-refractivity contribution is 7.86. The maximum absolute atomic E-state index is 10.9. The van der Waals surface area contributed by atoms with Crippen LogP contribution in [0.2, 0.25) is 5.02 Å². The van der Waals surface area contributed by atoms with E-state index in [9.17, 15) is 8.42 Å². The van der Waals surface area contributed by atoms with Gasteiger partial charge in [-0.2, -0.15) is 8.42 Å².